The second-order valence-corrected chi connectivity index (χ2v) is 7.44. The van der Waals surface area contributed by atoms with Crippen LogP contribution in [0, 0.1) is 0 Å². The number of nitrogens with one attached hydrogen (secondary N) is 1. The van der Waals surface area contributed by atoms with Gasteiger partial charge in [-0.05, 0) is 22.1 Å². The van der Waals surface area contributed by atoms with Gasteiger partial charge in [-0.15, -0.1) is 0 Å². The van der Waals surface area contributed by atoms with Gasteiger partial charge in [0.1, 0.15) is 18.8 Å². The van der Waals surface area contributed by atoms with Gasteiger partial charge >= 0.3 is 20.2 Å². The van der Waals surface area contributed by atoms with E-state index in [0.717, 1.165) is 4.90 Å². The van der Waals surface area contributed by atoms with E-state index in [1.807, 2.05) is 0 Å². The molecule has 164 valence electrons. The molecular formula is C20H20B2N2O8. The summed E-state index contributed by atoms with van der Waals surface area (Å²) < 4.78 is 10.7. The van der Waals surface area contributed by atoms with Crippen molar-refractivity contribution in [3.63, 3.8) is 0 Å². The highest BCUT2D eigenvalue weighted by Crippen LogP contribution is 2.26. The van der Waals surface area contributed by atoms with Gasteiger partial charge in [-0.25, -0.2) is 0 Å². The first-order chi connectivity index (χ1) is 15.4. The van der Waals surface area contributed by atoms with Crippen molar-refractivity contribution in [3.05, 3.63) is 59.7 Å². The summed E-state index contributed by atoms with van der Waals surface area (Å²) >= 11 is 0. The van der Waals surface area contributed by atoms with Gasteiger partial charge in [0.2, 0.25) is 0 Å². The third kappa shape index (κ3) is 4.26. The van der Waals surface area contributed by atoms with E-state index >= 15 is 0 Å². The summed E-state index contributed by atoms with van der Waals surface area (Å²) in [5.41, 5.74) is 1.96. The first kappa shape index (κ1) is 22.0. The zero-order chi connectivity index (χ0) is 22.8. The van der Waals surface area contributed by atoms with E-state index in [1.165, 1.54) is 0 Å². The Kier molecular flexibility index (Phi) is 6.28. The van der Waals surface area contributed by atoms with E-state index in [0.29, 0.717) is 22.1 Å². The molecule has 2 heterocycles. The summed E-state index contributed by atoms with van der Waals surface area (Å²) in [6.07, 6.45) is -2.15. The van der Waals surface area contributed by atoms with Crippen molar-refractivity contribution in [1.82, 2.24) is 10.2 Å². The summed E-state index contributed by atoms with van der Waals surface area (Å²) in [6.45, 7) is -0.757. The van der Waals surface area contributed by atoms with Crippen molar-refractivity contribution in [2.45, 2.75) is 12.2 Å². The van der Waals surface area contributed by atoms with Crippen molar-refractivity contribution in [2.24, 2.45) is 0 Å². The lowest BCUT2D eigenvalue weighted by Crippen LogP contribution is -2.44. The summed E-state index contributed by atoms with van der Waals surface area (Å²) in [6, 6.07) is 13.4. The van der Waals surface area contributed by atoms with Crippen molar-refractivity contribution in [3.8, 4) is 0 Å². The topological polar surface area (TPSA) is 146 Å². The summed E-state index contributed by atoms with van der Waals surface area (Å²) in [5, 5.41) is 31.8. The van der Waals surface area contributed by atoms with Crippen LogP contribution in [0.3, 0.4) is 0 Å². The monoisotopic (exact) mass is 438 g/mol. The largest absolute Gasteiger partial charge is 0.492 e. The maximum atomic E-state index is 13.0. The number of rotatable bonds is 7. The molecule has 0 saturated heterocycles. The smallest absolute Gasteiger partial charge is 0.480 e. The number of carbonyl (C=O) groups is 3. The van der Waals surface area contributed by atoms with Crippen molar-refractivity contribution in [1.29, 1.82) is 0 Å². The quantitative estimate of drug-likeness (QED) is 0.361. The van der Waals surface area contributed by atoms with Crippen LogP contribution in [0.1, 0.15) is 23.3 Å². The Morgan fingerprint density at radius 3 is 2.03 bits per heavy atom. The molecule has 2 unspecified atom stereocenters. The fraction of sp³-hybridized carbons (Fsp3) is 0.250. The zero-order valence-corrected chi connectivity index (χ0v) is 16.9. The zero-order valence-electron chi connectivity index (χ0n) is 16.9. The second-order valence-electron chi connectivity index (χ2n) is 7.44. The van der Waals surface area contributed by atoms with Crippen LogP contribution in [-0.4, -0.2) is 71.7 Å². The molecule has 12 heteroatoms. The van der Waals surface area contributed by atoms with Gasteiger partial charge in [-0.2, -0.15) is 0 Å². The average Bonchev–Trinajstić information content (AvgIpc) is 3.30. The van der Waals surface area contributed by atoms with Crippen LogP contribution in [-0.2, 0) is 23.7 Å². The van der Waals surface area contributed by atoms with Gasteiger partial charge in [0.05, 0.1) is 0 Å². The molecule has 2 aliphatic heterocycles. The maximum Gasteiger partial charge on any atom is 0.492 e. The minimum absolute atomic E-state index is 0.0487. The Balaban J connectivity index is 1.40. The first-order valence-corrected chi connectivity index (χ1v) is 10.00. The molecule has 2 aliphatic rings. The average molecular weight is 438 g/mol. The molecule has 0 saturated carbocycles. The molecule has 2 atom stereocenters. The Morgan fingerprint density at radius 1 is 0.906 bits per heavy atom. The molecule has 0 aromatic heterocycles. The molecule has 0 bridgehead atoms. The maximum absolute atomic E-state index is 13.0. The highest BCUT2D eigenvalue weighted by atomic mass is 16.5. The van der Waals surface area contributed by atoms with Crippen LogP contribution in [0.25, 0.3) is 0 Å². The molecule has 2 amide bonds. The van der Waals surface area contributed by atoms with E-state index in [1.54, 1.807) is 48.5 Å². The third-order valence-electron chi connectivity index (χ3n) is 5.40. The Hall–Kier alpha value is -3.18. The number of amides is 2. The number of hydrogen-bond donors (Lipinski definition) is 4. The van der Waals surface area contributed by atoms with Gasteiger partial charge in [-0.1, -0.05) is 48.5 Å². The van der Waals surface area contributed by atoms with Crippen LogP contribution in [0.2, 0.25) is 0 Å². The fourth-order valence-corrected chi connectivity index (χ4v) is 3.90. The van der Waals surface area contributed by atoms with Gasteiger partial charge in [0.15, 0.2) is 0 Å². The van der Waals surface area contributed by atoms with Gasteiger partial charge in [-0.3, -0.25) is 14.4 Å². The van der Waals surface area contributed by atoms with E-state index in [2.05, 4.69) is 5.32 Å². The molecule has 0 spiro atoms. The Labute approximate surface area is 184 Å². The molecule has 0 fully saturated rings. The van der Waals surface area contributed by atoms with Gasteiger partial charge in [0, 0.05) is 13.1 Å². The summed E-state index contributed by atoms with van der Waals surface area (Å²) in [7, 11) is -2.49. The number of carbonyl (C=O) groups excluding carboxylic acids is 2. The van der Waals surface area contributed by atoms with Gasteiger partial charge < -0.3 is 34.7 Å². The lowest BCUT2D eigenvalue weighted by molar-refractivity contribution is -0.148. The van der Waals surface area contributed by atoms with E-state index in [-0.39, 0.29) is 13.1 Å². The van der Waals surface area contributed by atoms with Crippen molar-refractivity contribution in [2.75, 3.05) is 19.6 Å². The molecule has 2 aromatic carbocycles. The first-order valence-electron chi connectivity index (χ1n) is 10.00. The predicted octanol–water partition coefficient (Wildman–Crippen LogP) is -2.07. The highest BCUT2D eigenvalue weighted by Gasteiger charge is 2.41. The number of nitrogens with zero attached hydrogens (tertiary/aromatic N) is 1. The highest BCUT2D eigenvalue weighted by molar-refractivity contribution is 6.62. The molecular weight excluding hydrogens is 418 g/mol. The Bertz CT molecular complexity index is 1050. The molecule has 0 radical (unpaired) electrons. The number of fused-ring (bicyclic) bond motifs is 2. The number of carboxylic acids is 1. The normalized spacial score (nSPS) is 18.8. The molecule has 4 N–H and O–H groups in total. The second kappa shape index (κ2) is 9.13. The molecule has 10 nitrogen and oxygen atoms in total. The number of hydrogen-bond acceptors (Lipinski definition) is 7. The lowest BCUT2D eigenvalue weighted by Gasteiger charge is -2.25. The summed E-state index contributed by atoms with van der Waals surface area (Å²) in [5.74, 6) is -2.38. The minimum atomic E-state index is -1.28. The van der Waals surface area contributed by atoms with Crippen molar-refractivity contribution >= 4 is 42.9 Å². The van der Waals surface area contributed by atoms with Crippen LogP contribution in [0.15, 0.2) is 48.5 Å². The van der Waals surface area contributed by atoms with Gasteiger partial charge in [0.25, 0.3) is 11.8 Å². The predicted molar refractivity (Wildman–Crippen MR) is 113 cm³/mol. The molecule has 32 heavy (non-hydrogen) atoms. The van der Waals surface area contributed by atoms with Crippen LogP contribution in [0.5, 0.6) is 0 Å². The van der Waals surface area contributed by atoms with Crippen LogP contribution >= 0.6 is 0 Å². The van der Waals surface area contributed by atoms with Crippen LogP contribution < -0.4 is 16.2 Å². The number of aliphatic carboxylic acids is 1. The standard InChI is InChI=1S/C20H20B2N2O8/c25-16(26)11-24(20(28)18-13-6-2-4-8-15(13)22(30)32-18)10-9-23-19(27)17-12-5-1-3-7-14(12)21(29)31-17/h1-8,17-18,29-30H,9-11H2,(H,23,27)(H,25,26). The fourth-order valence-electron chi connectivity index (χ4n) is 3.90. The van der Waals surface area contributed by atoms with E-state index < -0.39 is 50.8 Å². The number of carboxylic acid groups (broad SMARTS) is 1. The molecule has 4 rings (SSSR count). The molecule has 0 aliphatic carbocycles. The van der Waals surface area contributed by atoms with Crippen LogP contribution in [0.4, 0.5) is 0 Å². The number of benzene rings is 2. The molecule has 2 aromatic rings. The Morgan fingerprint density at radius 2 is 1.44 bits per heavy atom. The van der Waals surface area contributed by atoms with Crippen molar-refractivity contribution < 1.29 is 38.8 Å². The third-order valence-corrected chi connectivity index (χ3v) is 5.40. The van der Waals surface area contributed by atoms with E-state index in [9.17, 15) is 29.5 Å². The minimum Gasteiger partial charge on any atom is -0.480 e. The lowest BCUT2D eigenvalue weighted by atomic mass is 9.79. The summed E-state index contributed by atoms with van der Waals surface area (Å²) in [4.78, 5) is 37.9. The SMILES string of the molecule is O=C(O)CN(CCNC(=O)C1OB(O)c2ccccc21)C(=O)C1OB(O)c2ccccc21. The van der Waals surface area contributed by atoms with E-state index in [4.69, 9.17) is 9.31 Å².